The van der Waals surface area contributed by atoms with Gasteiger partial charge in [-0.3, -0.25) is 4.79 Å². The van der Waals surface area contributed by atoms with E-state index in [0.29, 0.717) is 0 Å². The fraction of sp³-hybridized carbons (Fsp3) is 0.438. The minimum atomic E-state index is -0.935. The third-order valence-electron chi connectivity index (χ3n) is 3.83. The van der Waals surface area contributed by atoms with Gasteiger partial charge in [-0.05, 0) is 19.4 Å². The Balaban J connectivity index is 2.30. The van der Waals surface area contributed by atoms with Gasteiger partial charge in [-0.1, -0.05) is 30.3 Å². The van der Waals surface area contributed by atoms with E-state index in [1.807, 2.05) is 30.3 Å². The van der Waals surface area contributed by atoms with E-state index in [-0.39, 0.29) is 18.9 Å². The molecule has 22 heavy (non-hydrogen) atoms. The molecule has 1 aromatic carbocycles. The summed E-state index contributed by atoms with van der Waals surface area (Å²) in [6.07, 6.45) is 0.248. The average molecular weight is 304 g/mol. The summed E-state index contributed by atoms with van der Waals surface area (Å²) in [5, 5.41) is 0. The zero-order valence-corrected chi connectivity index (χ0v) is 13.0. The molecule has 1 aliphatic rings. The van der Waals surface area contributed by atoms with Crippen molar-refractivity contribution < 1.29 is 19.1 Å². The quantitative estimate of drug-likeness (QED) is 0.610. The van der Waals surface area contributed by atoms with E-state index in [2.05, 4.69) is 0 Å². The molecule has 1 saturated heterocycles. The number of carbonyl (C=O) groups excluding carboxylic acids is 3. The van der Waals surface area contributed by atoms with Crippen molar-refractivity contribution in [1.29, 1.82) is 0 Å². The van der Waals surface area contributed by atoms with Crippen LogP contribution >= 0.6 is 0 Å². The standard InChI is InChI=1S/C16H20N2O4/c1-4-22-15(20)13(10-12-8-6-5-7-9-12)18-14(19)11(2)17(3)16(18)21/h5-9,11,13H,4,10H2,1-3H3/t11?,13-/m0/s1. The van der Waals surface area contributed by atoms with Crippen LogP contribution in [0.2, 0.25) is 0 Å². The first-order valence-corrected chi connectivity index (χ1v) is 7.27. The van der Waals surface area contributed by atoms with Crippen molar-refractivity contribution in [3.05, 3.63) is 35.9 Å². The van der Waals surface area contributed by atoms with E-state index in [0.717, 1.165) is 10.5 Å². The van der Waals surface area contributed by atoms with Gasteiger partial charge in [0.05, 0.1) is 6.61 Å². The van der Waals surface area contributed by atoms with Crippen LogP contribution < -0.4 is 0 Å². The van der Waals surface area contributed by atoms with Crippen LogP contribution in [0.1, 0.15) is 19.4 Å². The summed E-state index contributed by atoms with van der Waals surface area (Å²) in [5.74, 6) is -0.933. The van der Waals surface area contributed by atoms with Gasteiger partial charge >= 0.3 is 12.0 Å². The fourth-order valence-electron chi connectivity index (χ4n) is 2.44. The molecule has 0 bridgehead atoms. The Kier molecular flexibility index (Phi) is 4.80. The SMILES string of the molecule is CCOC(=O)[C@H](Cc1ccccc1)N1C(=O)C(C)N(C)C1=O. The number of hydrogen-bond donors (Lipinski definition) is 0. The molecule has 1 heterocycles. The lowest BCUT2D eigenvalue weighted by Gasteiger charge is -2.24. The van der Waals surface area contributed by atoms with E-state index in [9.17, 15) is 14.4 Å². The maximum Gasteiger partial charge on any atom is 0.329 e. The van der Waals surface area contributed by atoms with E-state index in [4.69, 9.17) is 4.74 Å². The molecular weight excluding hydrogens is 284 g/mol. The van der Waals surface area contributed by atoms with Gasteiger partial charge in [0.2, 0.25) is 0 Å². The number of ether oxygens (including phenoxy) is 1. The second-order valence-corrected chi connectivity index (χ2v) is 5.24. The molecule has 3 amide bonds. The molecule has 118 valence electrons. The molecular formula is C16H20N2O4. The van der Waals surface area contributed by atoms with Gasteiger partial charge < -0.3 is 9.64 Å². The number of esters is 1. The first-order valence-electron chi connectivity index (χ1n) is 7.27. The number of hydrogen-bond acceptors (Lipinski definition) is 4. The maximum absolute atomic E-state index is 12.3. The Morgan fingerprint density at radius 1 is 1.27 bits per heavy atom. The number of nitrogens with zero attached hydrogens (tertiary/aromatic N) is 2. The number of urea groups is 1. The highest BCUT2D eigenvalue weighted by molar-refractivity contribution is 6.06. The Morgan fingerprint density at radius 2 is 1.91 bits per heavy atom. The summed E-state index contributed by atoms with van der Waals surface area (Å²) >= 11 is 0. The Bertz CT molecular complexity index is 553. The first kappa shape index (κ1) is 16.0. The van der Waals surface area contributed by atoms with E-state index in [1.54, 1.807) is 20.9 Å². The van der Waals surface area contributed by atoms with Crippen LogP contribution in [0.3, 0.4) is 0 Å². The van der Waals surface area contributed by atoms with Gasteiger partial charge in [0.25, 0.3) is 5.91 Å². The Hall–Kier alpha value is -2.37. The van der Waals surface area contributed by atoms with Crippen LogP contribution in [0.4, 0.5) is 4.79 Å². The molecule has 2 rings (SSSR count). The third kappa shape index (κ3) is 2.95. The molecule has 0 saturated carbocycles. The predicted molar refractivity (Wildman–Crippen MR) is 80.0 cm³/mol. The second kappa shape index (κ2) is 6.60. The molecule has 0 spiro atoms. The average Bonchev–Trinajstić information content (AvgIpc) is 2.70. The van der Waals surface area contributed by atoms with E-state index >= 15 is 0 Å². The summed E-state index contributed by atoms with van der Waals surface area (Å²) in [6.45, 7) is 3.54. The van der Waals surface area contributed by atoms with Gasteiger partial charge in [0.15, 0.2) is 0 Å². The molecule has 0 N–H and O–H groups in total. The lowest BCUT2D eigenvalue weighted by molar-refractivity contribution is -0.151. The molecule has 1 fully saturated rings. The summed E-state index contributed by atoms with van der Waals surface area (Å²) < 4.78 is 5.05. The van der Waals surface area contributed by atoms with E-state index < -0.39 is 24.1 Å². The predicted octanol–water partition coefficient (Wildman–Crippen LogP) is 1.44. The summed E-state index contributed by atoms with van der Waals surface area (Å²) in [4.78, 5) is 39.2. The molecule has 0 aromatic heterocycles. The minimum Gasteiger partial charge on any atom is -0.464 e. The number of likely N-dealkylation sites (N-methyl/N-ethyl adjacent to an activating group) is 1. The highest BCUT2D eigenvalue weighted by Crippen LogP contribution is 2.21. The van der Waals surface area contributed by atoms with Gasteiger partial charge in [-0.15, -0.1) is 0 Å². The molecule has 6 heteroatoms. The third-order valence-corrected chi connectivity index (χ3v) is 3.83. The summed E-state index contributed by atoms with van der Waals surface area (Å²) in [6, 6.07) is 7.29. The molecule has 1 aromatic rings. The van der Waals surface area contributed by atoms with Crippen molar-refractivity contribution >= 4 is 17.9 Å². The number of imide groups is 1. The minimum absolute atomic E-state index is 0.200. The second-order valence-electron chi connectivity index (χ2n) is 5.24. The van der Waals surface area contributed by atoms with Crippen LogP contribution in [0, 0.1) is 0 Å². The molecule has 6 nitrogen and oxygen atoms in total. The zero-order valence-electron chi connectivity index (χ0n) is 13.0. The van der Waals surface area contributed by atoms with Crippen molar-refractivity contribution in [2.24, 2.45) is 0 Å². The molecule has 1 aliphatic heterocycles. The largest absolute Gasteiger partial charge is 0.464 e. The number of amides is 3. The summed E-state index contributed by atoms with van der Waals surface area (Å²) in [5.41, 5.74) is 0.864. The lowest BCUT2D eigenvalue weighted by Crippen LogP contribution is -2.47. The van der Waals surface area contributed by atoms with Crippen molar-refractivity contribution in [3.8, 4) is 0 Å². The van der Waals surface area contributed by atoms with Crippen LogP contribution in [0.5, 0.6) is 0 Å². The van der Waals surface area contributed by atoms with Crippen LogP contribution in [0.25, 0.3) is 0 Å². The topological polar surface area (TPSA) is 66.9 Å². The van der Waals surface area contributed by atoms with E-state index in [1.165, 1.54) is 4.90 Å². The van der Waals surface area contributed by atoms with Crippen LogP contribution in [-0.4, -0.2) is 53.4 Å². The highest BCUT2D eigenvalue weighted by Gasteiger charge is 2.46. The monoisotopic (exact) mass is 304 g/mol. The van der Waals surface area contributed by atoms with Crippen molar-refractivity contribution in [2.45, 2.75) is 32.4 Å². The number of benzene rings is 1. The zero-order chi connectivity index (χ0) is 16.3. The van der Waals surface area contributed by atoms with Gasteiger partial charge in [-0.25, -0.2) is 14.5 Å². The Labute approximate surface area is 129 Å². The van der Waals surface area contributed by atoms with Crippen molar-refractivity contribution in [2.75, 3.05) is 13.7 Å². The molecule has 2 atom stereocenters. The number of carbonyl (C=O) groups is 3. The first-order chi connectivity index (χ1) is 10.5. The Morgan fingerprint density at radius 3 is 2.41 bits per heavy atom. The van der Waals surface area contributed by atoms with Gasteiger partial charge in [-0.2, -0.15) is 0 Å². The lowest BCUT2D eigenvalue weighted by atomic mass is 10.0. The van der Waals surface area contributed by atoms with Crippen molar-refractivity contribution in [1.82, 2.24) is 9.80 Å². The van der Waals surface area contributed by atoms with Gasteiger partial charge in [0, 0.05) is 13.5 Å². The molecule has 1 unspecified atom stereocenters. The van der Waals surface area contributed by atoms with Crippen molar-refractivity contribution in [3.63, 3.8) is 0 Å². The van der Waals surface area contributed by atoms with Crippen LogP contribution in [-0.2, 0) is 20.7 Å². The normalized spacial score (nSPS) is 19.5. The fourth-order valence-corrected chi connectivity index (χ4v) is 2.44. The highest BCUT2D eigenvalue weighted by atomic mass is 16.5. The molecule has 0 radical (unpaired) electrons. The molecule has 0 aliphatic carbocycles. The smallest absolute Gasteiger partial charge is 0.329 e. The number of rotatable bonds is 5. The van der Waals surface area contributed by atoms with Gasteiger partial charge in [0.1, 0.15) is 12.1 Å². The maximum atomic E-state index is 12.3. The summed E-state index contributed by atoms with van der Waals surface area (Å²) in [7, 11) is 1.55. The van der Waals surface area contributed by atoms with Crippen LogP contribution in [0.15, 0.2) is 30.3 Å².